The highest BCUT2D eigenvalue weighted by molar-refractivity contribution is 6.31. The Bertz CT molecular complexity index is 576. The Morgan fingerprint density at radius 1 is 1.24 bits per heavy atom. The summed E-state index contributed by atoms with van der Waals surface area (Å²) >= 11 is 6.37. The van der Waals surface area contributed by atoms with Crippen molar-refractivity contribution >= 4 is 11.6 Å². The van der Waals surface area contributed by atoms with Crippen LogP contribution in [0.25, 0.3) is 0 Å². The molecule has 0 amide bonds. The van der Waals surface area contributed by atoms with Gasteiger partial charge in [0.1, 0.15) is 0 Å². The molecular formula is C15H22ClN5. The molecule has 6 heteroatoms. The first-order chi connectivity index (χ1) is 10.0. The van der Waals surface area contributed by atoms with E-state index in [1.165, 1.54) is 0 Å². The summed E-state index contributed by atoms with van der Waals surface area (Å²) in [7, 11) is 0. The first-order valence-corrected chi connectivity index (χ1v) is 7.67. The van der Waals surface area contributed by atoms with Gasteiger partial charge in [0.25, 0.3) is 0 Å². The zero-order valence-electron chi connectivity index (χ0n) is 13.0. The smallest absolute Gasteiger partial charge is 0.0953 e. The van der Waals surface area contributed by atoms with Gasteiger partial charge >= 0.3 is 0 Å². The maximum absolute atomic E-state index is 6.37. The van der Waals surface area contributed by atoms with Crippen LogP contribution in [0.3, 0.4) is 0 Å². The van der Waals surface area contributed by atoms with Crippen molar-refractivity contribution in [3.8, 4) is 0 Å². The van der Waals surface area contributed by atoms with Gasteiger partial charge in [0.05, 0.1) is 40.5 Å². The molecule has 0 saturated heterocycles. The molecule has 0 aliphatic carbocycles. The Hall–Kier alpha value is -1.46. The molecule has 0 aliphatic rings. The zero-order valence-corrected chi connectivity index (χ0v) is 13.7. The third-order valence-electron chi connectivity index (χ3n) is 3.24. The average molecular weight is 308 g/mol. The zero-order chi connectivity index (χ0) is 15.4. The fraction of sp³-hybridized carbons (Fsp3) is 0.533. The Morgan fingerprint density at radius 3 is 2.57 bits per heavy atom. The van der Waals surface area contributed by atoms with E-state index in [9.17, 15) is 0 Å². The highest BCUT2D eigenvalue weighted by atomic mass is 35.5. The van der Waals surface area contributed by atoms with Gasteiger partial charge in [0.15, 0.2) is 0 Å². The van der Waals surface area contributed by atoms with Crippen LogP contribution >= 0.6 is 11.6 Å². The maximum atomic E-state index is 6.37. The number of nitrogens with one attached hydrogen (secondary N) is 1. The van der Waals surface area contributed by atoms with Crippen molar-refractivity contribution in [2.75, 3.05) is 6.54 Å². The highest BCUT2D eigenvalue weighted by Crippen LogP contribution is 2.29. The Morgan fingerprint density at radius 2 is 2.00 bits per heavy atom. The fourth-order valence-electron chi connectivity index (χ4n) is 2.21. The summed E-state index contributed by atoms with van der Waals surface area (Å²) in [4.78, 5) is 8.85. The predicted octanol–water partition coefficient (Wildman–Crippen LogP) is 3.30. The molecule has 2 heterocycles. The molecule has 0 fully saturated rings. The molecule has 1 atom stereocenters. The summed E-state index contributed by atoms with van der Waals surface area (Å²) < 4.78 is 1.94. The molecule has 114 valence electrons. The van der Waals surface area contributed by atoms with Crippen LogP contribution < -0.4 is 5.32 Å². The Balaban J connectivity index is 2.45. The van der Waals surface area contributed by atoms with E-state index < -0.39 is 0 Å². The molecule has 0 radical (unpaired) electrons. The van der Waals surface area contributed by atoms with Gasteiger partial charge < -0.3 is 5.32 Å². The third kappa shape index (κ3) is 3.60. The van der Waals surface area contributed by atoms with Crippen LogP contribution in [0.1, 0.15) is 56.4 Å². The molecule has 21 heavy (non-hydrogen) atoms. The van der Waals surface area contributed by atoms with E-state index in [0.717, 1.165) is 30.0 Å². The Labute approximate surface area is 130 Å². The van der Waals surface area contributed by atoms with Crippen LogP contribution in [-0.2, 0) is 0 Å². The summed E-state index contributed by atoms with van der Waals surface area (Å²) in [6, 6.07) is 0.132. The molecular weight excluding hydrogens is 286 g/mol. The lowest BCUT2D eigenvalue weighted by molar-refractivity contribution is 0.467. The van der Waals surface area contributed by atoms with Crippen LogP contribution in [0.4, 0.5) is 0 Å². The van der Waals surface area contributed by atoms with Gasteiger partial charge in [-0.05, 0) is 33.7 Å². The van der Waals surface area contributed by atoms with Gasteiger partial charge in [-0.2, -0.15) is 5.10 Å². The molecule has 2 rings (SSSR count). The van der Waals surface area contributed by atoms with Crippen LogP contribution in [-0.4, -0.2) is 26.3 Å². The van der Waals surface area contributed by atoms with Crippen molar-refractivity contribution < 1.29 is 0 Å². The molecule has 5 nitrogen and oxygen atoms in total. The Kier molecular flexibility index (Phi) is 5.31. The number of halogens is 1. The third-order valence-corrected chi connectivity index (χ3v) is 3.54. The van der Waals surface area contributed by atoms with Gasteiger partial charge in [-0.15, -0.1) is 0 Å². The normalized spacial score (nSPS) is 12.9. The van der Waals surface area contributed by atoms with E-state index >= 15 is 0 Å². The van der Waals surface area contributed by atoms with E-state index in [4.69, 9.17) is 11.6 Å². The number of rotatable bonds is 6. The van der Waals surface area contributed by atoms with Crippen molar-refractivity contribution in [1.82, 2.24) is 25.1 Å². The highest BCUT2D eigenvalue weighted by Gasteiger charge is 2.24. The topological polar surface area (TPSA) is 55.6 Å². The first-order valence-electron chi connectivity index (χ1n) is 7.29. The first kappa shape index (κ1) is 15.9. The summed E-state index contributed by atoms with van der Waals surface area (Å²) in [5.74, 6) is 0. The van der Waals surface area contributed by atoms with Gasteiger partial charge in [0, 0.05) is 12.2 Å². The van der Waals surface area contributed by atoms with Crippen molar-refractivity contribution in [2.45, 2.75) is 46.2 Å². The van der Waals surface area contributed by atoms with Crippen LogP contribution in [0.5, 0.6) is 0 Å². The van der Waals surface area contributed by atoms with E-state index in [1.54, 1.807) is 18.6 Å². The fourth-order valence-corrected chi connectivity index (χ4v) is 2.45. The second kappa shape index (κ2) is 7.00. The van der Waals surface area contributed by atoms with Gasteiger partial charge in [-0.1, -0.05) is 18.5 Å². The van der Waals surface area contributed by atoms with E-state index in [-0.39, 0.29) is 12.1 Å². The van der Waals surface area contributed by atoms with Gasteiger partial charge in [0.2, 0.25) is 0 Å². The number of aryl methyl sites for hydroxylation is 1. The maximum Gasteiger partial charge on any atom is 0.0953 e. The lowest BCUT2D eigenvalue weighted by atomic mass is 10.1. The average Bonchev–Trinajstić information content (AvgIpc) is 2.83. The quantitative estimate of drug-likeness (QED) is 0.889. The molecule has 0 aliphatic heterocycles. The van der Waals surface area contributed by atoms with Gasteiger partial charge in [-0.3, -0.25) is 14.6 Å². The van der Waals surface area contributed by atoms with Crippen LogP contribution in [0, 0.1) is 6.92 Å². The monoisotopic (exact) mass is 307 g/mol. The van der Waals surface area contributed by atoms with Crippen molar-refractivity contribution in [2.24, 2.45) is 0 Å². The second-order valence-corrected chi connectivity index (χ2v) is 5.79. The summed E-state index contributed by atoms with van der Waals surface area (Å²) in [6.07, 6.45) is 6.30. The van der Waals surface area contributed by atoms with Crippen LogP contribution in [0.15, 0.2) is 18.6 Å². The van der Waals surface area contributed by atoms with E-state index in [1.807, 2.05) is 11.6 Å². The SMILES string of the molecule is CCCNC(c1cnc(C)cn1)c1c(Cl)cnn1C(C)C. The molecule has 0 bridgehead atoms. The summed E-state index contributed by atoms with van der Waals surface area (Å²) in [5, 5.41) is 8.53. The minimum absolute atomic E-state index is 0.101. The number of hydrogen-bond donors (Lipinski definition) is 1. The standard InChI is InChI=1S/C15H22ClN5/c1-5-6-17-14(13-9-18-11(4)7-19-13)15-12(16)8-20-21(15)10(2)3/h7-10,14,17H,5-6H2,1-4H3. The minimum atomic E-state index is -0.101. The largest absolute Gasteiger partial charge is 0.304 e. The molecule has 2 aromatic rings. The van der Waals surface area contributed by atoms with Crippen molar-refractivity contribution in [1.29, 1.82) is 0 Å². The predicted molar refractivity (Wildman–Crippen MR) is 84.5 cm³/mol. The minimum Gasteiger partial charge on any atom is -0.304 e. The molecule has 2 aromatic heterocycles. The lowest BCUT2D eigenvalue weighted by Crippen LogP contribution is -2.27. The van der Waals surface area contributed by atoms with Gasteiger partial charge in [-0.25, -0.2) is 0 Å². The lowest BCUT2D eigenvalue weighted by Gasteiger charge is -2.21. The summed E-state index contributed by atoms with van der Waals surface area (Å²) in [5.41, 5.74) is 2.70. The van der Waals surface area contributed by atoms with E-state index in [0.29, 0.717) is 5.02 Å². The van der Waals surface area contributed by atoms with Crippen molar-refractivity contribution in [3.63, 3.8) is 0 Å². The molecule has 0 aromatic carbocycles. The molecule has 0 saturated carbocycles. The second-order valence-electron chi connectivity index (χ2n) is 5.39. The molecule has 1 unspecified atom stereocenters. The van der Waals surface area contributed by atoms with E-state index in [2.05, 4.69) is 41.2 Å². The molecule has 0 spiro atoms. The molecule has 1 N–H and O–H groups in total. The number of hydrogen-bond acceptors (Lipinski definition) is 4. The summed E-state index contributed by atoms with van der Waals surface area (Å²) in [6.45, 7) is 9.11. The van der Waals surface area contributed by atoms with Crippen LogP contribution in [0.2, 0.25) is 5.02 Å². The number of aromatic nitrogens is 4. The van der Waals surface area contributed by atoms with Crippen molar-refractivity contribution in [3.05, 3.63) is 40.7 Å². The number of nitrogens with zero attached hydrogens (tertiary/aromatic N) is 4.